The Morgan fingerprint density at radius 3 is 2.38 bits per heavy atom. The molecular formula is C18H27F2N. The maximum Gasteiger partial charge on any atom is 0.251 e. The van der Waals surface area contributed by atoms with Gasteiger partial charge in [-0.05, 0) is 60.9 Å². The van der Waals surface area contributed by atoms with E-state index in [0.717, 1.165) is 32.4 Å². The third-order valence-corrected chi connectivity index (χ3v) is 4.63. The van der Waals surface area contributed by atoms with Crippen molar-refractivity contribution in [2.24, 2.45) is 0 Å². The molecule has 1 fully saturated rings. The summed E-state index contributed by atoms with van der Waals surface area (Å²) < 4.78 is 24.8. The summed E-state index contributed by atoms with van der Waals surface area (Å²) in [5.41, 5.74) is 4.28. The standard InChI is InChI=1S/C18H27F2N/c1-4-14-11-16(5-6-17(14)13(2)3)15-7-9-21(10-8-15)12-18(19)20/h5-6,11,13,15,18H,4,7-10,12H2,1-3H3. The lowest BCUT2D eigenvalue weighted by Gasteiger charge is -2.32. The first-order valence-corrected chi connectivity index (χ1v) is 8.14. The lowest BCUT2D eigenvalue weighted by atomic mass is 9.85. The van der Waals surface area contributed by atoms with E-state index in [-0.39, 0.29) is 6.54 Å². The lowest BCUT2D eigenvalue weighted by Crippen LogP contribution is -2.36. The largest absolute Gasteiger partial charge is 0.298 e. The fourth-order valence-electron chi connectivity index (χ4n) is 3.39. The summed E-state index contributed by atoms with van der Waals surface area (Å²) >= 11 is 0. The molecule has 1 aromatic carbocycles. The van der Waals surface area contributed by atoms with E-state index in [0.29, 0.717) is 11.8 Å². The van der Waals surface area contributed by atoms with E-state index in [2.05, 4.69) is 39.0 Å². The van der Waals surface area contributed by atoms with Gasteiger partial charge in [0.1, 0.15) is 0 Å². The molecule has 0 aromatic heterocycles. The Kier molecular flexibility index (Phi) is 5.74. The van der Waals surface area contributed by atoms with Crippen LogP contribution in [0, 0.1) is 0 Å². The summed E-state index contributed by atoms with van der Waals surface area (Å²) in [4.78, 5) is 1.89. The van der Waals surface area contributed by atoms with Gasteiger partial charge in [-0.15, -0.1) is 0 Å². The Morgan fingerprint density at radius 1 is 1.19 bits per heavy atom. The van der Waals surface area contributed by atoms with E-state index in [9.17, 15) is 8.78 Å². The molecule has 0 radical (unpaired) electrons. The average Bonchev–Trinajstić information content (AvgIpc) is 2.46. The minimum atomic E-state index is -2.21. The smallest absolute Gasteiger partial charge is 0.251 e. The zero-order valence-corrected chi connectivity index (χ0v) is 13.4. The third-order valence-electron chi connectivity index (χ3n) is 4.63. The van der Waals surface area contributed by atoms with Gasteiger partial charge in [0.2, 0.25) is 0 Å². The van der Waals surface area contributed by atoms with E-state index in [1.807, 2.05) is 4.90 Å². The quantitative estimate of drug-likeness (QED) is 0.753. The topological polar surface area (TPSA) is 3.24 Å². The van der Waals surface area contributed by atoms with E-state index < -0.39 is 6.43 Å². The molecule has 1 nitrogen and oxygen atoms in total. The van der Waals surface area contributed by atoms with Crippen LogP contribution in [0.5, 0.6) is 0 Å². The third kappa shape index (κ3) is 4.26. The minimum Gasteiger partial charge on any atom is -0.298 e. The first-order valence-electron chi connectivity index (χ1n) is 8.14. The second kappa shape index (κ2) is 7.35. The predicted octanol–water partition coefficient (Wildman–Crippen LogP) is 4.82. The molecule has 0 N–H and O–H groups in total. The first kappa shape index (κ1) is 16.4. The summed E-state index contributed by atoms with van der Waals surface area (Å²) in [6.07, 6.45) is 0.845. The monoisotopic (exact) mass is 295 g/mol. The zero-order chi connectivity index (χ0) is 15.4. The van der Waals surface area contributed by atoms with Crippen LogP contribution in [0.25, 0.3) is 0 Å². The number of benzene rings is 1. The number of nitrogens with zero attached hydrogens (tertiary/aromatic N) is 1. The number of piperidine rings is 1. The van der Waals surface area contributed by atoms with Crippen molar-refractivity contribution in [2.75, 3.05) is 19.6 Å². The minimum absolute atomic E-state index is 0.0702. The summed E-state index contributed by atoms with van der Waals surface area (Å²) in [6.45, 7) is 8.19. The van der Waals surface area contributed by atoms with Gasteiger partial charge in [-0.2, -0.15) is 0 Å². The van der Waals surface area contributed by atoms with Crippen molar-refractivity contribution in [1.29, 1.82) is 0 Å². The van der Waals surface area contributed by atoms with Crippen LogP contribution in [0.2, 0.25) is 0 Å². The van der Waals surface area contributed by atoms with Crippen molar-refractivity contribution in [3.63, 3.8) is 0 Å². The van der Waals surface area contributed by atoms with Gasteiger partial charge >= 0.3 is 0 Å². The highest BCUT2D eigenvalue weighted by Gasteiger charge is 2.23. The number of alkyl halides is 2. The van der Waals surface area contributed by atoms with Crippen LogP contribution in [0.4, 0.5) is 8.78 Å². The zero-order valence-electron chi connectivity index (χ0n) is 13.4. The van der Waals surface area contributed by atoms with Crippen molar-refractivity contribution in [3.8, 4) is 0 Å². The highest BCUT2D eigenvalue weighted by atomic mass is 19.3. The molecule has 0 saturated carbocycles. The molecule has 0 unspecified atom stereocenters. The highest BCUT2D eigenvalue weighted by molar-refractivity contribution is 5.36. The molecule has 0 atom stereocenters. The van der Waals surface area contributed by atoms with Crippen molar-refractivity contribution in [3.05, 3.63) is 34.9 Å². The molecule has 1 heterocycles. The van der Waals surface area contributed by atoms with Crippen molar-refractivity contribution in [1.82, 2.24) is 4.90 Å². The van der Waals surface area contributed by atoms with Gasteiger partial charge in [0, 0.05) is 0 Å². The maximum atomic E-state index is 12.4. The molecule has 118 valence electrons. The van der Waals surface area contributed by atoms with Crippen LogP contribution < -0.4 is 0 Å². The fourth-order valence-corrected chi connectivity index (χ4v) is 3.39. The van der Waals surface area contributed by atoms with Crippen LogP contribution in [0.3, 0.4) is 0 Å². The van der Waals surface area contributed by atoms with Gasteiger partial charge in [-0.3, -0.25) is 4.90 Å². The van der Waals surface area contributed by atoms with E-state index >= 15 is 0 Å². The molecule has 2 rings (SSSR count). The molecule has 1 aliphatic rings. The van der Waals surface area contributed by atoms with Crippen molar-refractivity contribution < 1.29 is 8.78 Å². The fraction of sp³-hybridized carbons (Fsp3) is 0.667. The molecule has 0 spiro atoms. The molecule has 3 heteroatoms. The first-order chi connectivity index (χ1) is 10.0. The highest BCUT2D eigenvalue weighted by Crippen LogP contribution is 2.31. The number of halogens is 2. The summed E-state index contributed by atoms with van der Waals surface area (Å²) in [7, 11) is 0. The molecule has 21 heavy (non-hydrogen) atoms. The number of rotatable bonds is 5. The number of likely N-dealkylation sites (tertiary alicyclic amines) is 1. The summed E-state index contributed by atoms with van der Waals surface area (Å²) in [5.74, 6) is 1.09. The molecule has 1 saturated heterocycles. The van der Waals surface area contributed by atoms with Gasteiger partial charge < -0.3 is 0 Å². The Balaban J connectivity index is 2.03. The van der Waals surface area contributed by atoms with E-state index in [1.54, 1.807) is 0 Å². The number of hydrogen-bond acceptors (Lipinski definition) is 1. The van der Waals surface area contributed by atoms with Crippen LogP contribution >= 0.6 is 0 Å². The van der Waals surface area contributed by atoms with Gasteiger partial charge in [-0.25, -0.2) is 8.78 Å². The van der Waals surface area contributed by atoms with E-state index in [1.165, 1.54) is 16.7 Å². The van der Waals surface area contributed by atoms with Gasteiger partial charge in [0.15, 0.2) is 0 Å². The molecule has 0 aliphatic carbocycles. The Hall–Kier alpha value is -0.960. The molecule has 1 aromatic rings. The molecule has 0 bridgehead atoms. The normalized spacial score (nSPS) is 17.9. The SMILES string of the molecule is CCc1cc(C2CCN(CC(F)F)CC2)ccc1C(C)C. The van der Waals surface area contributed by atoms with Crippen LogP contribution in [-0.2, 0) is 6.42 Å². The maximum absolute atomic E-state index is 12.4. The van der Waals surface area contributed by atoms with Gasteiger partial charge in [-0.1, -0.05) is 39.0 Å². The lowest BCUT2D eigenvalue weighted by molar-refractivity contribution is 0.0754. The Bertz CT molecular complexity index is 449. The predicted molar refractivity (Wildman–Crippen MR) is 84.3 cm³/mol. The van der Waals surface area contributed by atoms with Crippen LogP contribution in [0.15, 0.2) is 18.2 Å². The Morgan fingerprint density at radius 2 is 1.86 bits per heavy atom. The van der Waals surface area contributed by atoms with Gasteiger partial charge in [0.05, 0.1) is 6.54 Å². The number of hydrogen-bond donors (Lipinski definition) is 0. The van der Waals surface area contributed by atoms with Crippen LogP contribution in [-0.4, -0.2) is 31.0 Å². The molecule has 0 amide bonds. The van der Waals surface area contributed by atoms with Crippen molar-refractivity contribution in [2.45, 2.75) is 58.3 Å². The second-order valence-electron chi connectivity index (χ2n) is 6.43. The van der Waals surface area contributed by atoms with Crippen LogP contribution in [0.1, 0.15) is 62.1 Å². The van der Waals surface area contributed by atoms with Gasteiger partial charge in [0.25, 0.3) is 6.43 Å². The Labute approximate surface area is 127 Å². The summed E-state index contributed by atoms with van der Waals surface area (Å²) in [5, 5.41) is 0. The molecule has 1 aliphatic heterocycles. The van der Waals surface area contributed by atoms with Crippen molar-refractivity contribution >= 4 is 0 Å². The average molecular weight is 295 g/mol. The second-order valence-corrected chi connectivity index (χ2v) is 6.43. The molecular weight excluding hydrogens is 268 g/mol. The summed E-state index contributed by atoms with van der Waals surface area (Å²) in [6, 6.07) is 6.87. The van der Waals surface area contributed by atoms with E-state index in [4.69, 9.17) is 0 Å². The number of aryl methyl sites for hydroxylation is 1.